The summed E-state index contributed by atoms with van der Waals surface area (Å²) in [5.74, 6) is 0.724. The first kappa shape index (κ1) is 18.2. The fourth-order valence-electron chi connectivity index (χ4n) is 2.92. The number of likely N-dealkylation sites (tertiary alicyclic amines) is 1. The van der Waals surface area contributed by atoms with Gasteiger partial charge in [-0.15, -0.1) is 0 Å². The predicted octanol–water partition coefficient (Wildman–Crippen LogP) is 1.88. The van der Waals surface area contributed by atoms with Crippen LogP contribution in [0.4, 0.5) is 0 Å². The molecule has 0 amide bonds. The van der Waals surface area contributed by atoms with Gasteiger partial charge in [0.2, 0.25) is 0 Å². The van der Waals surface area contributed by atoms with E-state index in [1.807, 2.05) is 0 Å². The molecular weight excluding hydrogens is 312 g/mol. The number of nitrogens with zero attached hydrogens (tertiary/aromatic N) is 2. The minimum atomic E-state index is -3.14. The van der Waals surface area contributed by atoms with Crippen LogP contribution in [0.3, 0.4) is 0 Å². The van der Waals surface area contributed by atoms with E-state index >= 15 is 0 Å². The average molecular weight is 340 g/mol. The summed E-state index contributed by atoms with van der Waals surface area (Å²) in [6.07, 6.45) is 4.74. The Balaban J connectivity index is 1.71. The monoisotopic (exact) mass is 340 g/mol. The standard InChI is InChI=1S/C17H28N2O3S/c1-18(2)15-6-4-11-19(14-15)12-5-13-22-16-7-9-17(10-8-16)23(3,20)21/h7-10,15H,4-6,11-14H2,1-3H3. The van der Waals surface area contributed by atoms with Crippen molar-refractivity contribution in [2.75, 3.05) is 46.6 Å². The summed E-state index contributed by atoms with van der Waals surface area (Å²) in [5, 5.41) is 0. The second-order valence-electron chi connectivity index (χ2n) is 6.51. The number of hydrogen-bond acceptors (Lipinski definition) is 5. The molecule has 0 bridgehead atoms. The molecule has 23 heavy (non-hydrogen) atoms. The highest BCUT2D eigenvalue weighted by atomic mass is 32.2. The Bertz CT molecular complexity index is 584. The molecule has 0 aromatic heterocycles. The Hall–Kier alpha value is -1.11. The van der Waals surface area contributed by atoms with Gasteiger partial charge in [-0.05, 0) is 64.2 Å². The maximum absolute atomic E-state index is 11.4. The van der Waals surface area contributed by atoms with Crippen molar-refractivity contribution in [3.63, 3.8) is 0 Å². The van der Waals surface area contributed by atoms with E-state index in [1.54, 1.807) is 24.3 Å². The van der Waals surface area contributed by atoms with Crippen LogP contribution < -0.4 is 4.74 Å². The van der Waals surface area contributed by atoms with Gasteiger partial charge >= 0.3 is 0 Å². The van der Waals surface area contributed by atoms with Crippen LogP contribution in [0, 0.1) is 0 Å². The van der Waals surface area contributed by atoms with E-state index in [1.165, 1.54) is 25.6 Å². The summed E-state index contributed by atoms with van der Waals surface area (Å²) < 4.78 is 28.5. The smallest absolute Gasteiger partial charge is 0.175 e. The van der Waals surface area contributed by atoms with Crippen LogP contribution in [0.1, 0.15) is 19.3 Å². The first-order chi connectivity index (χ1) is 10.9. The largest absolute Gasteiger partial charge is 0.494 e. The van der Waals surface area contributed by atoms with Crippen molar-refractivity contribution >= 4 is 9.84 Å². The maximum Gasteiger partial charge on any atom is 0.175 e. The molecule has 2 rings (SSSR count). The number of ether oxygens (including phenoxy) is 1. The Labute approximate surface area is 140 Å². The lowest BCUT2D eigenvalue weighted by Crippen LogP contribution is -2.45. The number of hydrogen-bond donors (Lipinski definition) is 0. The molecule has 1 aliphatic heterocycles. The van der Waals surface area contributed by atoms with E-state index in [4.69, 9.17) is 4.74 Å². The summed E-state index contributed by atoms with van der Waals surface area (Å²) in [6.45, 7) is 4.01. The van der Waals surface area contributed by atoms with Crippen LogP contribution in [0.15, 0.2) is 29.2 Å². The molecule has 1 aromatic rings. The van der Waals surface area contributed by atoms with E-state index in [9.17, 15) is 8.42 Å². The molecule has 0 aliphatic carbocycles. The first-order valence-electron chi connectivity index (χ1n) is 8.18. The number of benzene rings is 1. The summed E-state index contributed by atoms with van der Waals surface area (Å²) >= 11 is 0. The van der Waals surface area contributed by atoms with Crippen molar-refractivity contribution in [3.8, 4) is 5.75 Å². The van der Waals surface area contributed by atoms with Crippen molar-refractivity contribution in [1.29, 1.82) is 0 Å². The molecule has 1 atom stereocenters. The van der Waals surface area contributed by atoms with E-state index in [-0.39, 0.29) is 0 Å². The fourth-order valence-corrected chi connectivity index (χ4v) is 3.55. The van der Waals surface area contributed by atoms with Gasteiger partial charge in [-0.1, -0.05) is 0 Å². The van der Waals surface area contributed by atoms with E-state index in [0.717, 1.165) is 25.3 Å². The van der Waals surface area contributed by atoms with E-state index in [2.05, 4.69) is 23.9 Å². The molecule has 130 valence electrons. The van der Waals surface area contributed by atoms with Gasteiger partial charge < -0.3 is 14.5 Å². The van der Waals surface area contributed by atoms with Crippen molar-refractivity contribution in [1.82, 2.24) is 9.80 Å². The van der Waals surface area contributed by atoms with Crippen molar-refractivity contribution < 1.29 is 13.2 Å². The molecule has 0 N–H and O–H groups in total. The lowest BCUT2D eigenvalue weighted by atomic mass is 10.0. The highest BCUT2D eigenvalue weighted by molar-refractivity contribution is 7.90. The fraction of sp³-hybridized carbons (Fsp3) is 0.647. The van der Waals surface area contributed by atoms with Crippen LogP contribution in [-0.4, -0.2) is 70.9 Å². The maximum atomic E-state index is 11.4. The van der Waals surface area contributed by atoms with Gasteiger partial charge in [0.15, 0.2) is 9.84 Å². The molecule has 1 fully saturated rings. The van der Waals surface area contributed by atoms with E-state index < -0.39 is 9.84 Å². The van der Waals surface area contributed by atoms with Gasteiger partial charge in [0, 0.05) is 25.4 Å². The van der Waals surface area contributed by atoms with Gasteiger partial charge in [0.1, 0.15) is 5.75 Å². The topological polar surface area (TPSA) is 49.9 Å². The normalized spacial score (nSPS) is 19.9. The quantitative estimate of drug-likeness (QED) is 0.710. The highest BCUT2D eigenvalue weighted by Crippen LogP contribution is 2.17. The number of rotatable bonds is 7. The summed E-state index contributed by atoms with van der Waals surface area (Å²) in [5.41, 5.74) is 0. The average Bonchev–Trinajstić information content (AvgIpc) is 2.51. The Morgan fingerprint density at radius 2 is 1.96 bits per heavy atom. The SMILES string of the molecule is CN(C)C1CCCN(CCCOc2ccc(S(C)(=O)=O)cc2)C1. The van der Waals surface area contributed by atoms with Gasteiger partial charge in [-0.3, -0.25) is 0 Å². The zero-order chi connectivity index (χ0) is 16.9. The van der Waals surface area contributed by atoms with Crippen LogP contribution in [0.25, 0.3) is 0 Å². The second kappa shape index (κ2) is 8.13. The molecule has 1 aliphatic rings. The lowest BCUT2D eigenvalue weighted by molar-refractivity contribution is 0.127. The summed E-state index contributed by atoms with van der Waals surface area (Å²) in [4.78, 5) is 5.14. The zero-order valence-corrected chi connectivity index (χ0v) is 15.2. The van der Waals surface area contributed by atoms with Crippen LogP contribution in [-0.2, 0) is 9.84 Å². The van der Waals surface area contributed by atoms with Crippen LogP contribution in [0.2, 0.25) is 0 Å². The number of sulfone groups is 1. The third-order valence-corrected chi connectivity index (χ3v) is 5.48. The Morgan fingerprint density at radius 1 is 1.26 bits per heavy atom. The second-order valence-corrected chi connectivity index (χ2v) is 8.52. The van der Waals surface area contributed by atoms with Crippen LogP contribution >= 0.6 is 0 Å². The third kappa shape index (κ3) is 5.79. The molecule has 1 saturated heterocycles. The third-order valence-electron chi connectivity index (χ3n) is 4.35. The van der Waals surface area contributed by atoms with Gasteiger partial charge in [-0.2, -0.15) is 0 Å². The lowest BCUT2D eigenvalue weighted by Gasteiger charge is -2.36. The molecule has 1 aromatic carbocycles. The Kier molecular flexibility index (Phi) is 6.44. The molecular formula is C17H28N2O3S. The predicted molar refractivity (Wildman–Crippen MR) is 92.8 cm³/mol. The molecule has 1 heterocycles. The molecule has 0 spiro atoms. The minimum Gasteiger partial charge on any atom is -0.494 e. The molecule has 1 unspecified atom stereocenters. The highest BCUT2D eigenvalue weighted by Gasteiger charge is 2.20. The van der Waals surface area contributed by atoms with Gasteiger partial charge in [-0.25, -0.2) is 8.42 Å². The molecule has 0 radical (unpaired) electrons. The Morgan fingerprint density at radius 3 is 2.57 bits per heavy atom. The van der Waals surface area contributed by atoms with Crippen molar-refractivity contribution in [2.45, 2.75) is 30.2 Å². The summed E-state index contributed by atoms with van der Waals surface area (Å²) in [6, 6.07) is 7.29. The minimum absolute atomic E-state index is 0.327. The summed E-state index contributed by atoms with van der Waals surface area (Å²) in [7, 11) is 1.16. The number of piperidine rings is 1. The zero-order valence-electron chi connectivity index (χ0n) is 14.4. The molecule has 5 nitrogen and oxygen atoms in total. The molecule has 6 heteroatoms. The number of likely N-dealkylation sites (N-methyl/N-ethyl adjacent to an activating group) is 1. The van der Waals surface area contributed by atoms with Crippen LogP contribution in [0.5, 0.6) is 5.75 Å². The molecule has 0 saturated carbocycles. The van der Waals surface area contributed by atoms with Gasteiger partial charge in [0.25, 0.3) is 0 Å². The van der Waals surface area contributed by atoms with Gasteiger partial charge in [0.05, 0.1) is 11.5 Å². The van der Waals surface area contributed by atoms with Crippen molar-refractivity contribution in [3.05, 3.63) is 24.3 Å². The van der Waals surface area contributed by atoms with E-state index in [0.29, 0.717) is 17.5 Å². The van der Waals surface area contributed by atoms with Crippen molar-refractivity contribution in [2.24, 2.45) is 0 Å². The first-order valence-corrected chi connectivity index (χ1v) is 10.1.